The van der Waals surface area contributed by atoms with Crippen LogP contribution in [0.1, 0.15) is 48.5 Å². The summed E-state index contributed by atoms with van der Waals surface area (Å²) in [5, 5.41) is 18.9. The van der Waals surface area contributed by atoms with Gasteiger partial charge in [-0.05, 0) is 62.4 Å². The minimum atomic E-state index is -0.849. The Morgan fingerprint density at radius 2 is 1.82 bits per heavy atom. The van der Waals surface area contributed by atoms with Gasteiger partial charge in [0.25, 0.3) is 0 Å². The fourth-order valence-electron chi connectivity index (χ4n) is 3.25. The number of anilines is 2. The summed E-state index contributed by atoms with van der Waals surface area (Å²) in [6.45, 7) is 3.48. The Labute approximate surface area is 190 Å². The molecule has 0 unspecified atom stereocenters. The Morgan fingerprint density at radius 1 is 1.12 bits per heavy atom. The number of aromatic nitrogens is 1. The zero-order chi connectivity index (χ0) is 23.4. The van der Waals surface area contributed by atoms with Crippen LogP contribution in [0.5, 0.6) is 0 Å². The molecule has 0 saturated heterocycles. The summed E-state index contributed by atoms with van der Waals surface area (Å²) in [7, 11) is 0. The Morgan fingerprint density at radius 3 is 2.45 bits per heavy atom. The van der Waals surface area contributed by atoms with Gasteiger partial charge in [-0.3, -0.25) is 5.32 Å². The maximum absolute atomic E-state index is 12.4. The SMILES string of the molecule is Cc1noc(C#Cc2ccc(NC3(C(=O)O)CC3)cc2)c1NC(=O)O[C@H](C)c1ccccc1. The summed E-state index contributed by atoms with van der Waals surface area (Å²) in [5.74, 6) is 5.20. The number of carboxylic acids is 1. The van der Waals surface area contributed by atoms with Crippen molar-refractivity contribution < 1.29 is 24.0 Å². The van der Waals surface area contributed by atoms with E-state index in [0.29, 0.717) is 35.5 Å². The van der Waals surface area contributed by atoms with Crippen LogP contribution in [0, 0.1) is 18.8 Å². The van der Waals surface area contributed by atoms with Crippen LogP contribution in [0.2, 0.25) is 0 Å². The molecule has 8 heteroatoms. The summed E-state index contributed by atoms with van der Waals surface area (Å²) in [6, 6.07) is 16.5. The van der Waals surface area contributed by atoms with Crippen molar-refractivity contribution >= 4 is 23.4 Å². The average molecular weight is 445 g/mol. The Balaban J connectivity index is 1.41. The minimum Gasteiger partial charge on any atom is -0.480 e. The second kappa shape index (κ2) is 9.09. The smallest absolute Gasteiger partial charge is 0.412 e. The number of aliphatic carboxylic acids is 1. The Bertz CT molecular complexity index is 1220. The largest absolute Gasteiger partial charge is 0.480 e. The van der Waals surface area contributed by atoms with E-state index in [1.54, 1.807) is 38.1 Å². The molecule has 1 atom stereocenters. The van der Waals surface area contributed by atoms with Crippen LogP contribution in [-0.2, 0) is 9.53 Å². The van der Waals surface area contributed by atoms with E-state index in [4.69, 9.17) is 9.26 Å². The number of nitrogens with one attached hydrogen (secondary N) is 2. The summed E-state index contributed by atoms with van der Waals surface area (Å²) in [5.41, 5.74) is 2.27. The molecular weight excluding hydrogens is 422 g/mol. The second-order valence-electron chi connectivity index (χ2n) is 7.89. The van der Waals surface area contributed by atoms with Crippen molar-refractivity contribution in [3.8, 4) is 11.8 Å². The maximum atomic E-state index is 12.4. The number of hydrogen-bond acceptors (Lipinski definition) is 6. The number of rotatable bonds is 6. The zero-order valence-electron chi connectivity index (χ0n) is 18.2. The molecule has 1 amide bonds. The Kier molecular flexibility index (Phi) is 6.05. The molecule has 4 rings (SSSR count). The molecule has 0 spiro atoms. The van der Waals surface area contributed by atoms with Gasteiger partial charge in [0, 0.05) is 11.3 Å². The van der Waals surface area contributed by atoms with Crippen LogP contribution in [0.4, 0.5) is 16.2 Å². The summed E-state index contributed by atoms with van der Waals surface area (Å²) < 4.78 is 10.7. The normalized spacial score (nSPS) is 14.4. The van der Waals surface area contributed by atoms with Crippen LogP contribution < -0.4 is 10.6 Å². The van der Waals surface area contributed by atoms with Crippen molar-refractivity contribution in [3.63, 3.8) is 0 Å². The molecule has 1 fully saturated rings. The number of carboxylic acid groups (broad SMARTS) is 1. The van der Waals surface area contributed by atoms with E-state index < -0.39 is 23.7 Å². The quantitative estimate of drug-likeness (QED) is 0.470. The molecule has 0 bridgehead atoms. The molecule has 1 aromatic heterocycles. The third-order valence-electron chi connectivity index (χ3n) is 5.39. The van der Waals surface area contributed by atoms with Crippen molar-refractivity contribution in [2.24, 2.45) is 0 Å². The minimum absolute atomic E-state index is 0.210. The highest BCUT2D eigenvalue weighted by Gasteiger charge is 2.50. The van der Waals surface area contributed by atoms with Gasteiger partial charge in [0.1, 0.15) is 23.0 Å². The number of carbonyl (C=O) groups excluding carboxylic acids is 1. The highest BCUT2D eigenvalue weighted by molar-refractivity contribution is 5.87. The fourth-order valence-corrected chi connectivity index (χ4v) is 3.25. The molecule has 8 nitrogen and oxygen atoms in total. The van der Waals surface area contributed by atoms with Crippen molar-refractivity contribution in [2.75, 3.05) is 10.6 Å². The number of benzene rings is 2. The number of amides is 1. The van der Waals surface area contributed by atoms with Gasteiger partial charge < -0.3 is 19.7 Å². The van der Waals surface area contributed by atoms with Crippen molar-refractivity contribution in [2.45, 2.75) is 38.3 Å². The molecular formula is C25H23N3O5. The van der Waals surface area contributed by atoms with Crippen LogP contribution in [0.3, 0.4) is 0 Å². The fraction of sp³-hybridized carbons (Fsp3) is 0.240. The first kappa shape index (κ1) is 22.0. The van der Waals surface area contributed by atoms with Gasteiger partial charge in [0.15, 0.2) is 0 Å². The van der Waals surface area contributed by atoms with Crippen molar-refractivity contribution in [3.05, 3.63) is 77.2 Å². The van der Waals surface area contributed by atoms with E-state index in [-0.39, 0.29) is 5.76 Å². The van der Waals surface area contributed by atoms with Crippen LogP contribution in [0.15, 0.2) is 59.1 Å². The number of hydrogen-bond donors (Lipinski definition) is 3. The van der Waals surface area contributed by atoms with Gasteiger partial charge >= 0.3 is 12.1 Å². The molecule has 33 heavy (non-hydrogen) atoms. The highest BCUT2D eigenvalue weighted by atomic mass is 16.6. The predicted molar refractivity (Wildman–Crippen MR) is 122 cm³/mol. The second-order valence-corrected chi connectivity index (χ2v) is 7.89. The maximum Gasteiger partial charge on any atom is 0.412 e. The molecule has 1 aliphatic rings. The first-order chi connectivity index (χ1) is 15.9. The molecule has 168 valence electrons. The third kappa shape index (κ3) is 5.15. The standard InChI is InChI=1S/C25H23N3O5/c1-16-22(26-24(31)32-17(2)19-6-4-3-5-7-19)21(33-28-16)13-10-18-8-11-20(12-9-18)27-25(14-15-25)23(29)30/h3-9,11-12,17,27H,14-15H2,1-2H3,(H,26,31)(H,29,30)/t17-/m1/s1. The molecule has 1 heterocycles. The molecule has 3 aromatic rings. The van der Waals surface area contributed by atoms with Gasteiger partial charge in [0.05, 0.1) is 0 Å². The summed E-state index contributed by atoms with van der Waals surface area (Å²) in [4.78, 5) is 23.7. The van der Waals surface area contributed by atoms with E-state index in [1.807, 2.05) is 30.3 Å². The summed E-state index contributed by atoms with van der Waals surface area (Å²) >= 11 is 0. The van der Waals surface area contributed by atoms with Gasteiger partial charge in [-0.1, -0.05) is 41.4 Å². The highest BCUT2D eigenvalue weighted by Crippen LogP contribution is 2.39. The number of aryl methyl sites for hydroxylation is 1. The lowest BCUT2D eigenvalue weighted by atomic mass is 10.1. The van der Waals surface area contributed by atoms with E-state index in [1.165, 1.54) is 0 Å². The van der Waals surface area contributed by atoms with Crippen LogP contribution in [0.25, 0.3) is 0 Å². The first-order valence-corrected chi connectivity index (χ1v) is 10.5. The first-order valence-electron chi connectivity index (χ1n) is 10.5. The van der Waals surface area contributed by atoms with E-state index in [0.717, 1.165) is 5.56 Å². The zero-order valence-corrected chi connectivity index (χ0v) is 18.2. The lowest BCUT2D eigenvalue weighted by Gasteiger charge is -2.13. The lowest BCUT2D eigenvalue weighted by molar-refractivity contribution is -0.138. The van der Waals surface area contributed by atoms with Gasteiger partial charge in [0.2, 0.25) is 5.76 Å². The van der Waals surface area contributed by atoms with Crippen molar-refractivity contribution in [1.82, 2.24) is 5.16 Å². The average Bonchev–Trinajstić information content (AvgIpc) is 3.52. The molecule has 1 saturated carbocycles. The Hall–Kier alpha value is -4.25. The lowest BCUT2D eigenvalue weighted by Crippen LogP contribution is -2.31. The topological polar surface area (TPSA) is 114 Å². The number of ether oxygens (including phenoxy) is 1. The van der Waals surface area contributed by atoms with Gasteiger partial charge in [-0.25, -0.2) is 9.59 Å². The third-order valence-corrected chi connectivity index (χ3v) is 5.39. The van der Waals surface area contributed by atoms with E-state index in [9.17, 15) is 14.7 Å². The number of carbonyl (C=O) groups is 2. The molecule has 0 radical (unpaired) electrons. The number of nitrogens with zero attached hydrogens (tertiary/aromatic N) is 1. The molecule has 3 N–H and O–H groups in total. The molecule has 0 aliphatic heterocycles. The van der Waals surface area contributed by atoms with Crippen LogP contribution >= 0.6 is 0 Å². The summed E-state index contributed by atoms with van der Waals surface area (Å²) in [6.07, 6.45) is 0.154. The molecule has 2 aromatic carbocycles. The predicted octanol–water partition coefficient (Wildman–Crippen LogP) is 4.72. The van der Waals surface area contributed by atoms with Gasteiger partial charge in [-0.15, -0.1) is 0 Å². The van der Waals surface area contributed by atoms with Crippen LogP contribution in [-0.4, -0.2) is 27.9 Å². The van der Waals surface area contributed by atoms with E-state index >= 15 is 0 Å². The van der Waals surface area contributed by atoms with Crippen molar-refractivity contribution in [1.29, 1.82) is 0 Å². The monoisotopic (exact) mass is 445 g/mol. The van der Waals surface area contributed by atoms with Gasteiger partial charge in [-0.2, -0.15) is 0 Å². The van der Waals surface area contributed by atoms with E-state index in [2.05, 4.69) is 27.6 Å². The molecule has 1 aliphatic carbocycles.